The molecular formula is C9H7ClFNO. The van der Waals surface area contributed by atoms with E-state index >= 15 is 0 Å². The van der Waals surface area contributed by atoms with Gasteiger partial charge in [0.05, 0.1) is 0 Å². The van der Waals surface area contributed by atoms with Gasteiger partial charge in [0.2, 0.25) is 0 Å². The molecule has 0 atom stereocenters. The molecule has 0 saturated heterocycles. The summed E-state index contributed by atoms with van der Waals surface area (Å²) in [4.78, 5) is 12.3. The molecule has 0 bridgehead atoms. The molecule has 0 unspecified atom stereocenters. The fourth-order valence-corrected chi connectivity index (χ4v) is 1.61. The first-order chi connectivity index (χ1) is 6.16. The molecular weight excluding hydrogens is 193 g/mol. The van der Waals surface area contributed by atoms with Crippen LogP contribution >= 0.6 is 11.6 Å². The van der Waals surface area contributed by atoms with Crippen molar-refractivity contribution in [2.45, 2.75) is 13.1 Å². The van der Waals surface area contributed by atoms with Gasteiger partial charge in [-0.1, -0.05) is 6.07 Å². The molecule has 1 aliphatic rings. The fourth-order valence-electron chi connectivity index (χ4n) is 1.49. The summed E-state index contributed by atoms with van der Waals surface area (Å²) in [5.41, 5.74) is 1.81. The number of carbonyl (C=O) groups is 1. The molecule has 0 saturated carbocycles. The number of fused-ring (bicyclic) bond motifs is 1. The average Bonchev–Trinajstić information content (AvgIpc) is 2.46. The van der Waals surface area contributed by atoms with E-state index in [-0.39, 0.29) is 5.82 Å². The van der Waals surface area contributed by atoms with E-state index in [0.717, 1.165) is 11.1 Å². The molecule has 0 fully saturated rings. The van der Waals surface area contributed by atoms with Crippen molar-refractivity contribution in [2.75, 3.05) is 0 Å². The summed E-state index contributed by atoms with van der Waals surface area (Å²) in [6, 6.07) is 4.51. The van der Waals surface area contributed by atoms with Crippen molar-refractivity contribution in [1.82, 2.24) is 4.90 Å². The number of nitrogens with zero attached hydrogens (tertiary/aromatic N) is 1. The van der Waals surface area contributed by atoms with E-state index in [2.05, 4.69) is 0 Å². The quantitative estimate of drug-likeness (QED) is 0.464. The third-order valence-corrected chi connectivity index (χ3v) is 2.38. The van der Waals surface area contributed by atoms with Crippen molar-refractivity contribution in [3.8, 4) is 0 Å². The molecule has 0 radical (unpaired) electrons. The third-order valence-electron chi connectivity index (χ3n) is 2.14. The molecule has 1 aromatic rings. The third kappa shape index (κ3) is 1.52. The van der Waals surface area contributed by atoms with E-state index in [1.165, 1.54) is 17.0 Å². The summed E-state index contributed by atoms with van der Waals surface area (Å²) in [5, 5.41) is -0.489. The summed E-state index contributed by atoms with van der Waals surface area (Å²) in [7, 11) is 0. The molecule has 68 valence electrons. The van der Waals surface area contributed by atoms with Crippen LogP contribution < -0.4 is 0 Å². The highest BCUT2D eigenvalue weighted by molar-refractivity contribution is 6.62. The Labute approximate surface area is 79.9 Å². The van der Waals surface area contributed by atoms with Gasteiger partial charge in [0.15, 0.2) is 0 Å². The van der Waals surface area contributed by atoms with Gasteiger partial charge in [0.1, 0.15) is 5.82 Å². The number of carbonyl (C=O) groups excluding carboxylic acids is 1. The fraction of sp³-hybridized carbons (Fsp3) is 0.222. The van der Waals surface area contributed by atoms with Crippen LogP contribution in [0, 0.1) is 5.82 Å². The van der Waals surface area contributed by atoms with Crippen LogP contribution in [-0.2, 0) is 13.1 Å². The minimum absolute atomic E-state index is 0.275. The standard InChI is InChI=1S/C9H7ClFNO/c10-9(13)12-4-6-1-2-8(11)3-7(6)5-12/h1-3H,4-5H2. The Bertz CT molecular complexity index is 367. The van der Waals surface area contributed by atoms with Gasteiger partial charge in [-0.3, -0.25) is 4.79 Å². The zero-order chi connectivity index (χ0) is 9.42. The minimum atomic E-state index is -0.489. The smallest absolute Gasteiger partial charge is 0.316 e. The molecule has 2 rings (SSSR count). The van der Waals surface area contributed by atoms with Crippen LogP contribution in [0.1, 0.15) is 11.1 Å². The zero-order valence-electron chi connectivity index (χ0n) is 6.76. The molecule has 0 aliphatic carbocycles. The lowest BCUT2D eigenvalue weighted by Crippen LogP contribution is -2.18. The maximum Gasteiger partial charge on any atom is 0.316 e. The van der Waals surface area contributed by atoms with Crippen molar-refractivity contribution in [1.29, 1.82) is 0 Å². The maximum absolute atomic E-state index is 12.8. The van der Waals surface area contributed by atoms with Gasteiger partial charge in [-0.2, -0.15) is 0 Å². The van der Waals surface area contributed by atoms with Crippen LogP contribution in [-0.4, -0.2) is 10.3 Å². The molecule has 0 aromatic heterocycles. The van der Waals surface area contributed by atoms with Gasteiger partial charge in [-0.25, -0.2) is 4.39 Å². The Hall–Kier alpha value is -1.09. The van der Waals surface area contributed by atoms with Gasteiger partial charge in [-0.05, 0) is 34.9 Å². The van der Waals surface area contributed by atoms with Gasteiger partial charge < -0.3 is 4.90 Å². The second-order valence-electron chi connectivity index (χ2n) is 3.02. The molecule has 1 amide bonds. The van der Waals surface area contributed by atoms with Gasteiger partial charge in [0, 0.05) is 13.1 Å². The molecule has 1 heterocycles. The number of benzene rings is 1. The first-order valence-electron chi connectivity index (χ1n) is 3.88. The van der Waals surface area contributed by atoms with Gasteiger partial charge in [0.25, 0.3) is 0 Å². The van der Waals surface area contributed by atoms with Crippen molar-refractivity contribution < 1.29 is 9.18 Å². The van der Waals surface area contributed by atoms with Crippen LogP contribution in [0.2, 0.25) is 0 Å². The largest absolute Gasteiger partial charge is 0.321 e. The molecule has 1 aromatic carbocycles. The Morgan fingerprint density at radius 3 is 2.77 bits per heavy atom. The van der Waals surface area contributed by atoms with Crippen LogP contribution in [0.3, 0.4) is 0 Å². The lowest BCUT2D eigenvalue weighted by atomic mass is 10.1. The summed E-state index contributed by atoms with van der Waals surface area (Å²) >= 11 is 5.31. The summed E-state index contributed by atoms with van der Waals surface area (Å²) in [6.45, 7) is 0.896. The van der Waals surface area contributed by atoms with E-state index in [9.17, 15) is 9.18 Å². The summed E-state index contributed by atoms with van der Waals surface area (Å²) in [5.74, 6) is -0.275. The van der Waals surface area contributed by atoms with Crippen molar-refractivity contribution in [3.05, 3.63) is 35.1 Å². The number of halogens is 2. The van der Waals surface area contributed by atoms with Gasteiger partial charge in [-0.15, -0.1) is 0 Å². The molecule has 0 spiro atoms. The average molecular weight is 200 g/mol. The Morgan fingerprint density at radius 1 is 1.38 bits per heavy atom. The van der Waals surface area contributed by atoms with E-state index in [1.54, 1.807) is 6.07 Å². The highest BCUT2D eigenvalue weighted by Gasteiger charge is 2.21. The monoisotopic (exact) mass is 199 g/mol. The van der Waals surface area contributed by atoms with Crippen LogP contribution in [0.5, 0.6) is 0 Å². The number of hydrogen-bond acceptors (Lipinski definition) is 1. The lowest BCUT2D eigenvalue weighted by Gasteiger charge is -2.08. The Kier molecular flexibility index (Phi) is 1.96. The number of rotatable bonds is 0. The summed E-state index contributed by atoms with van der Waals surface area (Å²) in [6.07, 6.45) is 0. The van der Waals surface area contributed by atoms with E-state index < -0.39 is 5.37 Å². The minimum Gasteiger partial charge on any atom is -0.321 e. The van der Waals surface area contributed by atoms with E-state index in [0.29, 0.717) is 13.1 Å². The second-order valence-corrected chi connectivity index (χ2v) is 3.35. The number of amides is 1. The molecule has 13 heavy (non-hydrogen) atoms. The number of hydrogen-bond donors (Lipinski definition) is 0. The molecule has 2 nitrogen and oxygen atoms in total. The van der Waals surface area contributed by atoms with Crippen molar-refractivity contribution in [3.63, 3.8) is 0 Å². The topological polar surface area (TPSA) is 20.3 Å². The maximum atomic E-state index is 12.8. The summed E-state index contributed by atoms with van der Waals surface area (Å²) < 4.78 is 12.8. The van der Waals surface area contributed by atoms with Crippen LogP contribution in [0.25, 0.3) is 0 Å². The second kappa shape index (κ2) is 3.00. The Balaban J connectivity index is 2.30. The van der Waals surface area contributed by atoms with Gasteiger partial charge >= 0.3 is 5.37 Å². The van der Waals surface area contributed by atoms with Crippen molar-refractivity contribution in [2.24, 2.45) is 0 Å². The lowest BCUT2D eigenvalue weighted by molar-refractivity contribution is 0.223. The predicted molar refractivity (Wildman–Crippen MR) is 46.9 cm³/mol. The van der Waals surface area contributed by atoms with Crippen LogP contribution in [0.4, 0.5) is 9.18 Å². The van der Waals surface area contributed by atoms with E-state index in [4.69, 9.17) is 11.6 Å². The van der Waals surface area contributed by atoms with Crippen molar-refractivity contribution >= 4 is 17.0 Å². The highest BCUT2D eigenvalue weighted by atomic mass is 35.5. The molecule has 4 heteroatoms. The first-order valence-corrected chi connectivity index (χ1v) is 4.26. The van der Waals surface area contributed by atoms with E-state index in [1.807, 2.05) is 0 Å². The molecule has 0 N–H and O–H groups in total. The Morgan fingerprint density at radius 2 is 2.08 bits per heavy atom. The van der Waals surface area contributed by atoms with Crippen LogP contribution in [0.15, 0.2) is 18.2 Å². The highest BCUT2D eigenvalue weighted by Crippen LogP contribution is 2.24. The molecule has 1 aliphatic heterocycles. The zero-order valence-corrected chi connectivity index (χ0v) is 7.51. The normalized spacial score (nSPS) is 14.5. The SMILES string of the molecule is O=C(Cl)N1Cc2ccc(F)cc2C1. The first kappa shape index (κ1) is 8.51. The predicted octanol–water partition coefficient (Wildman–Crippen LogP) is 2.50.